The first-order valence-electron chi connectivity index (χ1n) is 4.83. The van der Waals surface area contributed by atoms with Crippen LogP contribution >= 0.6 is 0 Å². The summed E-state index contributed by atoms with van der Waals surface area (Å²) in [6.07, 6.45) is 0. The molecule has 0 saturated carbocycles. The molecule has 0 aromatic rings. The van der Waals surface area contributed by atoms with Gasteiger partial charge in [-0.3, -0.25) is 4.99 Å². The van der Waals surface area contributed by atoms with Gasteiger partial charge in [0.15, 0.2) is 0 Å². The summed E-state index contributed by atoms with van der Waals surface area (Å²) in [5.41, 5.74) is 5.51. The lowest BCUT2D eigenvalue weighted by Crippen LogP contribution is -2.30. The van der Waals surface area contributed by atoms with Crippen LogP contribution in [0.1, 0.15) is 34.6 Å². The Bertz CT molecular complexity index is 174. The fourth-order valence-corrected chi connectivity index (χ4v) is 0.901. The van der Waals surface area contributed by atoms with Crippen molar-refractivity contribution in [2.45, 2.75) is 40.2 Å². The van der Waals surface area contributed by atoms with Gasteiger partial charge >= 0.3 is 0 Å². The van der Waals surface area contributed by atoms with Gasteiger partial charge in [0.2, 0.25) is 0 Å². The molecule has 0 spiro atoms. The third kappa shape index (κ3) is 5.64. The van der Waals surface area contributed by atoms with Crippen LogP contribution in [0.5, 0.6) is 0 Å². The van der Waals surface area contributed by atoms with Gasteiger partial charge in [-0.05, 0) is 20.8 Å². The number of nitrogens with two attached hydrogens (primary N) is 1. The van der Waals surface area contributed by atoms with Crippen molar-refractivity contribution in [1.82, 2.24) is 0 Å². The van der Waals surface area contributed by atoms with Crippen LogP contribution in [0.15, 0.2) is 4.99 Å². The molecule has 0 atom stereocenters. The number of amidine groups is 1. The topological polar surface area (TPSA) is 47.6 Å². The van der Waals surface area contributed by atoms with Crippen molar-refractivity contribution in [3.63, 3.8) is 0 Å². The number of hydrogen-bond acceptors (Lipinski definition) is 2. The highest BCUT2D eigenvalue weighted by atomic mass is 16.5. The SMILES string of the molecule is CCOC(C)(C)CN=C(N)C(C)C. The first kappa shape index (κ1) is 12.4. The molecule has 0 heterocycles. The van der Waals surface area contributed by atoms with Crippen LogP contribution in [-0.4, -0.2) is 24.6 Å². The van der Waals surface area contributed by atoms with Gasteiger partial charge in [0.1, 0.15) is 0 Å². The van der Waals surface area contributed by atoms with Gasteiger partial charge in [0.25, 0.3) is 0 Å². The molecule has 0 saturated heterocycles. The molecule has 0 rings (SSSR count). The van der Waals surface area contributed by atoms with Crippen LogP contribution < -0.4 is 5.73 Å². The summed E-state index contributed by atoms with van der Waals surface area (Å²) in [4.78, 5) is 4.28. The molecule has 0 bridgehead atoms. The zero-order valence-electron chi connectivity index (χ0n) is 9.42. The summed E-state index contributed by atoms with van der Waals surface area (Å²) in [6.45, 7) is 11.4. The summed E-state index contributed by atoms with van der Waals surface area (Å²) >= 11 is 0. The molecule has 0 aromatic carbocycles. The number of aliphatic imine (C=N–C) groups is 1. The standard InChI is InChI=1S/C10H22N2O/c1-6-13-10(4,5)7-12-9(11)8(2)3/h8H,6-7H2,1-5H3,(H2,11,12). The van der Waals surface area contributed by atoms with Crippen LogP contribution in [0, 0.1) is 5.92 Å². The summed E-state index contributed by atoms with van der Waals surface area (Å²) in [6, 6.07) is 0. The molecule has 13 heavy (non-hydrogen) atoms. The van der Waals surface area contributed by atoms with E-state index < -0.39 is 0 Å². The lowest BCUT2D eigenvalue weighted by molar-refractivity contribution is -0.00215. The van der Waals surface area contributed by atoms with E-state index >= 15 is 0 Å². The summed E-state index contributed by atoms with van der Waals surface area (Å²) in [5, 5.41) is 0. The second-order valence-electron chi connectivity index (χ2n) is 4.09. The molecule has 3 nitrogen and oxygen atoms in total. The number of rotatable bonds is 5. The van der Waals surface area contributed by atoms with Gasteiger partial charge in [-0.15, -0.1) is 0 Å². The van der Waals surface area contributed by atoms with Gasteiger partial charge in [-0.1, -0.05) is 13.8 Å². The predicted molar refractivity (Wildman–Crippen MR) is 57.0 cm³/mol. The van der Waals surface area contributed by atoms with Gasteiger partial charge in [-0.2, -0.15) is 0 Å². The van der Waals surface area contributed by atoms with Gasteiger partial charge in [-0.25, -0.2) is 0 Å². The molecule has 3 heteroatoms. The minimum Gasteiger partial charge on any atom is -0.387 e. The largest absolute Gasteiger partial charge is 0.387 e. The fourth-order valence-electron chi connectivity index (χ4n) is 0.901. The van der Waals surface area contributed by atoms with Gasteiger partial charge < -0.3 is 10.5 Å². The number of hydrogen-bond donors (Lipinski definition) is 1. The smallest absolute Gasteiger partial charge is 0.0964 e. The Morgan fingerprint density at radius 1 is 1.46 bits per heavy atom. The second kappa shape index (κ2) is 5.22. The van der Waals surface area contributed by atoms with Crippen LogP contribution in [0.25, 0.3) is 0 Å². The molecule has 0 aliphatic heterocycles. The third-order valence-electron chi connectivity index (χ3n) is 1.77. The molecule has 0 unspecified atom stereocenters. The maximum absolute atomic E-state index is 5.71. The van der Waals surface area contributed by atoms with E-state index in [2.05, 4.69) is 4.99 Å². The van der Waals surface area contributed by atoms with Crippen molar-refractivity contribution >= 4 is 5.84 Å². The van der Waals surface area contributed by atoms with E-state index in [1.54, 1.807) is 0 Å². The Hall–Kier alpha value is -0.570. The highest BCUT2D eigenvalue weighted by Gasteiger charge is 2.16. The van der Waals surface area contributed by atoms with Crippen LogP contribution in [0.3, 0.4) is 0 Å². The average Bonchev–Trinajstić information content (AvgIpc) is 2.00. The molecule has 0 aliphatic rings. The third-order valence-corrected chi connectivity index (χ3v) is 1.77. The minimum atomic E-state index is -0.200. The van der Waals surface area contributed by atoms with E-state index in [0.29, 0.717) is 24.9 Å². The molecule has 0 aromatic heterocycles. The van der Waals surface area contributed by atoms with E-state index in [9.17, 15) is 0 Å². The van der Waals surface area contributed by atoms with E-state index in [0.717, 1.165) is 0 Å². The van der Waals surface area contributed by atoms with Gasteiger partial charge in [0.05, 0.1) is 18.0 Å². The number of ether oxygens (including phenoxy) is 1. The second-order valence-corrected chi connectivity index (χ2v) is 4.09. The van der Waals surface area contributed by atoms with Crippen molar-refractivity contribution in [1.29, 1.82) is 0 Å². The van der Waals surface area contributed by atoms with Crippen LogP contribution in [0.2, 0.25) is 0 Å². The Kier molecular flexibility index (Phi) is 4.99. The minimum absolute atomic E-state index is 0.200. The highest BCUT2D eigenvalue weighted by molar-refractivity contribution is 5.82. The van der Waals surface area contributed by atoms with Crippen molar-refractivity contribution in [3.8, 4) is 0 Å². The number of nitrogens with zero attached hydrogens (tertiary/aromatic N) is 1. The predicted octanol–water partition coefficient (Wildman–Crippen LogP) is 1.81. The molecule has 2 N–H and O–H groups in total. The highest BCUT2D eigenvalue weighted by Crippen LogP contribution is 2.09. The van der Waals surface area contributed by atoms with Crippen LogP contribution in [0.4, 0.5) is 0 Å². The van der Waals surface area contributed by atoms with Crippen molar-refractivity contribution in [2.24, 2.45) is 16.6 Å². The van der Waals surface area contributed by atoms with Crippen molar-refractivity contribution < 1.29 is 4.74 Å². The maximum Gasteiger partial charge on any atom is 0.0964 e. The Morgan fingerprint density at radius 2 is 2.00 bits per heavy atom. The molecule has 0 amide bonds. The summed E-state index contributed by atoms with van der Waals surface area (Å²) in [7, 11) is 0. The average molecular weight is 186 g/mol. The molecule has 0 aliphatic carbocycles. The zero-order chi connectivity index (χ0) is 10.5. The van der Waals surface area contributed by atoms with Crippen molar-refractivity contribution in [2.75, 3.05) is 13.2 Å². The Balaban J connectivity index is 4.05. The molecule has 78 valence electrons. The fraction of sp³-hybridized carbons (Fsp3) is 0.900. The molecular weight excluding hydrogens is 164 g/mol. The first-order valence-corrected chi connectivity index (χ1v) is 4.83. The maximum atomic E-state index is 5.71. The van der Waals surface area contributed by atoms with E-state index in [1.807, 2.05) is 34.6 Å². The summed E-state index contributed by atoms with van der Waals surface area (Å²) in [5.74, 6) is 1.02. The normalized spacial score (nSPS) is 13.8. The monoisotopic (exact) mass is 186 g/mol. The summed E-state index contributed by atoms with van der Waals surface area (Å²) < 4.78 is 5.50. The first-order chi connectivity index (χ1) is 5.89. The van der Waals surface area contributed by atoms with Crippen LogP contribution in [-0.2, 0) is 4.74 Å². The zero-order valence-corrected chi connectivity index (χ0v) is 9.42. The van der Waals surface area contributed by atoms with Gasteiger partial charge in [0, 0.05) is 12.5 Å². The lowest BCUT2D eigenvalue weighted by atomic mass is 10.1. The molecule has 0 radical (unpaired) electrons. The molecule has 0 fully saturated rings. The van der Waals surface area contributed by atoms with E-state index in [-0.39, 0.29) is 5.60 Å². The van der Waals surface area contributed by atoms with E-state index in [4.69, 9.17) is 10.5 Å². The lowest BCUT2D eigenvalue weighted by Gasteiger charge is -2.22. The van der Waals surface area contributed by atoms with Crippen molar-refractivity contribution in [3.05, 3.63) is 0 Å². The Morgan fingerprint density at radius 3 is 2.38 bits per heavy atom. The quantitative estimate of drug-likeness (QED) is 0.526. The molecular formula is C10H22N2O. The Labute approximate surface area is 81.4 Å². The van der Waals surface area contributed by atoms with E-state index in [1.165, 1.54) is 0 Å².